The molecule has 0 spiro atoms. The van der Waals surface area contributed by atoms with Crippen LogP contribution in [-0.2, 0) is 0 Å². The zero-order chi connectivity index (χ0) is 13.3. The summed E-state index contributed by atoms with van der Waals surface area (Å²) < 4.78 is 10.4. The van der Waals surface area contributed by atoms with E-state index in [-0.39, 0.29) is 5.78 Å². The Balaban J connectivity index is 2.43. The first-order valence-corrected chi connectivity index (χ1v) is 5.86. The number of furan rings is 1. The van der Waals surface area contributed by atoms with Gasteiger partial charge in [-0.15, -0.1) is 0 Å². The van der Waals surface area contributed by atoms with Gasteiger partial charge >= 0.3 is 0 Å². The van der Waals surface area contributed by atoms with Gasteiger partial charge in [0.1, 0.15) is 17.3 Å². The summed E-state index contributed by atoms with van der Waals surface area (Å²) in [5.41, 5.74) is 0.987. The molecule has 1 heterocycles. The van der Waals surface area contributed by atoms with E-state index in [1.165, 1.54) is 0 Å². The van der Waals surface area contributed by atoms with Crippen molar-refractivity contribution < 1.29 is 13.9 Å². The maximum Gasteiger partial charge on any atom is 0.198 e. The minimum atomic E-state index is -0.142. The number of hydrogen-bond acceptors (Lipinski definition) is 3. The van der Waals surface area contributed by atoms with Gasteiger partial charge < -0.3 is 9.15 Å². The second-order valence-corrected chi connectivity index (χ2v) is 4.41. The number of benzene rings is 1. The lowest BCUT2D eigenvalue weighted by molar-refractivity contribution is 0.103. The predicted molar refractivity (Wildman–Crippen MR) is 69.6 cm³/mol. The molecule has 0 saturated heterocycles. The first-order valence-electron chi connectivity index (χ1n) is 5.48. The van der Waals surface area contributed by atoms with Crippen molar-refractivity contribution in [1.29, 1.82) is 0 Å². The van der Waals surface area contributed by atoms with Crippen LogP contribution in [0.25, 0.3) is 0 Å². The first-order chi connectivity index (χ1) is 8.52. The van der Waals surface area contributed by atoms with Gasteiger partial charge in [0.15, 0.2) is 5.78 Å². The molecule has 0 unspecified atom stereocenters. The van der Waals surface area contributed by atoms with Crippen LogP contribution in [0.1, 0.15) is 27.4 Å². The van der Waals surface area contributed by atoms with Crippen molar-refractivity contribution in [2.24, 2.45) is 0 Å². The van der Waals surface area contributed by atoms with E-state index in [0.717, 1.165) is 0 Å². The number of carbonyl (C=O) groups is 1. The Hall–Kier alpha value is -1.74. The molecule has 0 radical (unpaired) electrons. The summed E-state index contributed by atoms with van der Waals surface area (Å²) in [5.74, 6) is 1.79. The Bertz CT molecular complexity index is 599. The number of rotatable bonds is 3. The maximum atomic E-state index is 12.3. The zero-order valence-electron chi connectivity index (χ0n) is 10.4. The van der Waals surface area contributed by atoms with E-state index < -0.39 is 0 Å². The lowest BCUT2D eigenvalue weighted by Crippen LogP contribution is -2.02. The molecule has 94 valence electrons. The number of hydrogen-bond donors (Lipinski definition) is 0. The quantitative estimate of drug-likeness (QED) is 0.792. The molecular weight excluding hydrogens is 252 g/mol. The van der Waals surface area contributed by atoms with Crippen molar-refractivity contribution in [3.05, 3.63) is 51.9 Å². The SMILES string of the molecule is COc1ccc(C(=O)c2cc(C)oc2C)c(Cl)c1. The average Bonchev–Trinajstić information content (AvgIpc) is 2.67. The van der Waals surface area contributed by atoms with Crippen molar-refractivity contribution in [2.75, 3.05) is 7.11 Å². The Labute approximate surface area is 110 Å². The number of aryl methyl sites for hydroxylation is 2. The van der Waals surface area contributed by atoms with E-state index in [4.69, 9.17) is 20.8 Å². The fourth-order valence-electron chi connectivity index (χ4n) is 1.81. The molecule has 0 aliphatic rings. The van der Waals surface area contributed by atoms with Gasteiger partial charge in [-0.25, -0.2) is 0 Å². The summed E-state index contributed by atoms with van der Waals surface area (Å²) in [6, 6.07) is 6.71. The fraction of sp³-hybridized carbons (Fsp3) is 0.214. The molecular formula is C14H13ClO3. The molecule has 3 nitrogen and oxygen atoms in total. The lowest BCUT2D eigenvalue weighted by atomic mass is 10.0. The average molecular weight is 265 g/mol. The van der Waals surface area contributed by atoms with Crippen molar-refractivity contribution >= 4 is 17.4 Å². The third kappa shape index (κ3) is 2.27. The van der Waals surface area contributed by atoms with Gasteiger partial charge in [-0.2, -0.15) is 0 Å². The molecule has 1 aromatic heterocycles. The summed E-state index contributed by atoms with van der Waals surface area (Å²) >= 11 is 6.08. The van der Waals surface area contributed by atoms with E-state index in [0.29, 0.717) is 33.4 Å². The monoisotopic (exact) mass is 264 g/mol. The van der Waals surface area contributed by atoms with E-state index in [1.54, 1.807) is 45.2 Å². The van der Waals surface area contributed by atoms with Gasteiger partial charge in [-0.05, 0) is 38.1 Å². The van der Waals surface area contributed by atoms with Crippen LogP contribution in [-0.4, -0.2) is 12.9 Å². The van der Waals surface area contributed by atoms with Crippen LogP contribution in [0.2, 0.25) is 5.02 Å². The molecule has 0 N–H and O–H groups in total. The van der Waals surface area contributed by atoms with Gasteiger partial charge in [0, 0.05) is 5.56 Å². The van der Waals surface area contributed by atoms with Gasteiger partial charge in [-0.3, -0.25) is 4.79 Å². The molecule has 4 heteroatoms. The molecule has 18 heavy (non-hydrogen) atoms. The van der Waals surface area contributed by atoms with Crippen LogP contribution in [0.5, 0.6) is 5.75 Å². The Kier molecular flexibility index (Phi) is 3.43. The normalized spacial score (nSPS) is 10.4. The minimum Gasteiger partial charge on any atom is -0.497 e. The zero-order valence-corrected chi connectivity index (χ0v) is 11.2. The van der Waals surface area contributed by atoms with Crippen molar-refractivity contribution in [3.8, 4) is 5.75 Å². The van der Waals surface area contributed by atoms with Crippen LogP contribution in [0.4, 0.5) is 0 Å². The minimum absolute atomic E-state index is 0.142. The molecule has 1 aromatic carbocycles. The summed E-state index contributed by atoms with van der Waals surface area (Å²) in [7, 11) is 1.55. The van der Waals surface area contributed by atoms with Crippen LogP contribution < -0.4 is 4.74 Å². The molecule has 0 amide bonds. The number of ether oxygens (including phenoxy) is 1. The van der Waals surface area contributed by atoms with Crippen LogP contribution >= 0.6 is 11.6 Å². The van der Waals surface area contributed by atoms with Crippen molar-refractivity contribution in [2.45, 2.75) is 13.8 Å². The largest absolute Gasteiger partial charge is 0.497 e. The highest BCUT2D eigenvalue weighted by atomic mass is 35.5. The summed E-state index contributed by atoms with van der Waals surface area (Å²) in [6.45, 7) is 3.57. The smallest absolute Gasteiger partial charge is 0.198 e. The molecule has 2 aromatic rings. The predicted octanol–water partition coefficient (Wildman–Crippen LogP) is 3.79. The van der Waals surface area contributed by atoms with Crippen molar-refractivity contribution in [1.82, 2.24) is 0 Å². The second-order valence-electron chi connectivity index (χ2n) is 4.00. The molecule has 0 bridgehead atoms. The third-order valence-electron chi connectivity index (χ3n) is 2.71. The number of halogens is 1. The number of methoxy groups -OCH3 is 1. The highest BCUT2D eigenvalue weighted by molar-refractivity contribution is 6.35. The Morgan fingerprint density at radius 1 is 1.22 bits per heavy atom. The lowest BCUT2D eigenvalue weighted by Gasteiger charge is -2.05. The molecule has 0 aliphatic carbocycles. The summed E-state index contributed by atoms with van der Waals surface area (Å²) in [4.78, 5) is 12.3. The van der Waals surface area contributed by atoms with Gasteiger partial charge in [0.2, 0.25) is 0 Å². The number of carbonyl (C=O) groups excluding carboxylic acids is 1. The molecule has 0 fully saturated rings. The number of ketones is 1. The van der Waals surface area contributed by atoms with E-state index in [1.807, 2.05) is 0 Å². The molecule has 0 saturated carbocycles. The molecule has 2 rings (SSSR count). The Morgan fingerprint density at radius 2 is 1.94 bits per heavy atom. The fourth-order valence-corrected chi connectivity index (χ4v) is 2.06. The van der Waals surface area contributed by atoms with Crippen LogP contribution in [0, 0.1) is 13.8 Å². The summed E-state index contributed by atoms with van der Waals surface area (Å²) in [5, 5.41) is 0.373. The molecule has 0 aliphatic heterocycles. The first kappa shape index (κ1) is 12.7. The van der Waals surface area contributed by atoms with Gasteiger partial charge in [-0.1, -0.05) is 11.6 Å². The van der Waals surface area contributed by atoms with Gasteiger partial charge in [0.05, 0.1) is 17.7 Å². The third-order valence-corrected chi connectivity index (χ3v) is 3.02. The maximum absolute atomic E-state index is 12.3. The van der Waals surface area contributed by atoms with E-state index >= 15 is 0 Å². The summed E-state index contributed by atoms with van der Waals surface area (Å²) in [6.07, 6.45) is 0. The standard InChI is InChI=1S/C14H13ClO3/c1-8-6-12(9(2)18-8)14(16)11-5-4-10(17-3)7-13(11)15/h4-7H,1-3H3. The topological polar surface area (TPSA) is 39.4 Å². The van der Waals surface area contributed by atoms with Crippen LogP contribution in [0.3, 0.4) is 0 Å². The molecule has 0 atom stereocenters. The van der Waals surface area contributed by atoms with Gasteiger partial charge in [0.25, 0.3) is 0 Å². The highest BCUT2D eigenvalue weighted by Gasteiger charge is 2.18. The second kappa shape index (κ2) is 4.86. The highest BCUT2D eigenvalue weighted by Crippen LogP contribution is 2.26. The van der Waals surface area contributed by atoms with Crippen molar-refractivity contribution in [3.63, 3.8) is 0 Å². The Morgan fingerprint density at radius 3 is 2.44 bits per heavy atom. The van der Waals surface area contributed by atoms with Crippen LogP contribution in [0.15, 0.2) is 28.7 Å². The van der Waals surface area contributed by atoms with E-state index in [9.17, 15) is 4.79 Å². The van der Waals surface area contributed by atoms with E-state index in [2.05, 4.69) is 0 Å².